The standard InChI is InChI=1S/C28H24ClN3O3/c1-18-7-5-9-19(15-18)26-25-11-6-14-31(25)24-10-4-3-8-20(24)17-32(26)28(34)30-23-16-21(29)12-13-22(23)27(33)35-2/h3-16,26H,17H2,1-2H3,(H,30,34)/t26-/m1/s1. The third kappa shape index (κ3) is 4.29. The van der Waals surface area contributed by atoms with Gasteiger partial charge in [-0.25, -0.2) is 9.59 Å². The van der Waals surface area contributed by atoms with Crippen LogP contribution in [0, 0.1) is 6.92 Å². The second kappa shape index (κ2) is 9.31. The summed E-state index contributed by atoms with van der Waals surface area (Å²) in [5, 5.41) is 3.33. The van der Waals surface area contributed by atoms with E-state index in [1.54, 1.807) is 23.1 Å². The maximum absolute atomic E-state index is 13.9. The number of amides is 2. The van der Waals surface area contributed by atoms with Gasteiger partial charge in [-0.3, -0.25) is 0 Å². The van der Waals surface area contributed by atoms with Gasteiger partial charge in [-0.15, -0.1) is 0 Å². The molecule has 0 spiro atoms. The monoisotopic (exact) mass is 485 g/mol. The summed E-state index contributed by atoms with van der Waals surface area (Å²) in [5.74, 6) is -0.553. The van der Waals surface area contributed by atoms with Gasteiger partial charge in [0, 0.05) is 16.9 Å². The van der Waals surface area contributed by atoms with Crippen molar-refractivity contribution in [3.05, 3.63) is 118 Å². The van der Waals surface area contributed by atoms with Crippen LogP contribution in [0.2, 0.25) is 5.02 Å². The van der Waals surface area contributed by atoms with Crippen molar-refractivity contribution in [3.8, 4) is 5.69 Å². The molecule has 0 saturated carbocycles. The number of aryl methyl sites for hydroxylation is 1. The van der Waals surface area contributed by atoms with Crippen molar-refractivity contribution in [2.75, 3.05) is 12.4 Å². The Bertz CT molecular complexity index is 1430. The van der Waals surface area contributed by atoms with Crippen LogP contribution in [0.1, 0.15) is 38.8 Å². The summed E-state index contributed by atoms with van der Waals surface area (Å²) in [4.78, 5) is 28.0. The number of fused-ring (bicyclic) bond motifs is 3. The summed E-state index contributed by atoms with van der Waals surface area (Å²) in [5.41, 5.74) is 5.63. The molecule has 1 N–H and O–H groups in total. The number of anilines is 1. The van der Waals surface area contributed by atoms with E-state index in [9.17, 15) is 9.59 Å². The zero-order valence-corrected chi connectivity index (χ0v) is 20.1. The van der Waals surface area contributed by atoms with E-state index in [4.69, 9.17) is 16.3 Å². The summed E-state index contributed by atoms with van der Waals surface area (Å²) in [7, 11) is 1.30. The fourth-order valence-corrected chi connectivity index (χ4v) is 4.80. The Morgan fingerprint density at radius 1 is 1.00 bits per heavy atom. The Hall–Kier alpha value is -4.03. The van der Waals surface area contributed by atoms with Gasteiger partial charge >= 0.3 is 12.0 Å². The molecule has 2 heterocycles. The molecule has 5 rings (SSSR count). The van der Waals surface area contributed by atoms with Crippen molar-refractivity contribution in [2.24, 2.45) is 0 Å². The van der Waals surface area contributed by atoms with Crippen LogP contribution in [0.15, 0.2) is 85.1 Å². The van der Waals surface area contributed by atoms with E-state index in [1.165, 1.54) is 7.11 Å². The minimum atomic E-state index is -0.553. The molecule has 1 aliphatic heterocycles. The van der Waals surface area contributed by atoms with Crippen molar-refractivity contribution < 1.29 is 14.3 Å². The van der Waals surface area contributed by atoms with Gasteiger partial charge in [-0.05, 0) is 54.4 Å². The molecule has 4 aromatic rings. The lowest BCUT2D eigenvalue weighted by atomic mass is 10.00. The zero-order chi connectivity index (χ0) is 24.5. The average molecular weight is 486 g/mol. The lowest BCUT2D eigenvalue weighted by molar-refractivity contribution is 0.0602. The van der Waals surface area contributed by atoms with Gasteiger partial charge in [0.2, 0.25) is 0 Å². The van der Waals surface area contributed by atoms with E-state index in [1.807, 2.05) is 61.7 Å². The zero-order valence-electron chi connectivity index (χ0n) is 19.4. The Kier molecular flexibility index (Phi) is 6.05. The van der Waals surface area contributed by atoms with E-state index in [0.717, 1.165) is 28.1 Å². The molecule has 0 fully saturated rings. The molecular weight excluding hydrogens is 462 g/mol. The maximum atomic E-state index is 13.9. The van der Waals surface area contributed by atoms with Crippen molar-refractivity contribution in [1.82, 2.24) is 9.47 Å². The van der Waals surface area contributed by atoms with Crippen LogP contribution in [0.25, 0.3) is 5.69 Å². The number of halogens is 1. The van der Waals surface area contributed by atoms with Gasteiger partial charge in [0.15, 0.2) is 0 Å². The Labute approximate surface area is 208 Å². The van der Waals surface area contributed by atoms with Gasteiger partial charge < -0.3 is 19.5 Å². The minimum Gasteiger partial charge on any atom is -0.465 e. The number of carbonyl (C=O) groups excluding carboxylic acids is 2. The molecule has 0 unspecified atom stereocenters. The summed E-state index contributed by atoms with van der Waals surface area (Å²) in [6, 6.07) is 24.2. The normalized spacial score (nSPS) is 14.5. The molecule has 0 radical (unpaired) electrons. The molecule has 1 aromatic heterocycles. The maximum Gasteiger partial charge on any atom is 0.339 e. The number of hydrogen-bond acceptors (Lipinski definition) is 3. The summed E-state index contributed by atoms with van der Waals surface area (Å²) in [6.07, 6.45) is 2.02. The highest BCUT2D eigenvalue weighted by Crippen LogP contribution is 2.37. The predicted molar refractivity (Wildman–Crippen MR) is 136 cm³/mol. The SMILES string of the molecule is COC(=O)c1ccc(Cl)cc1NC(=O)N1Cc2ccccc2-n2cccc2[C@H]1c1cccc(C)c1. The van der Waals surface area contributed by atoms with Crippen LogP contribution < -0.4 is 5.32 Å². The molecule has 176 valence electrons. The highest BCUT2D eigenvalue weighted by molar-refractivity contribution is 6.31. The van der Waals surface area contributed by atoms with Crippen LogP contribution in [0.5, 0.6) is 0 Å². The number of nitrogens with zero attached hydrogens (tertiary/aromatic N) is 2. The second-order valence-corrected chi connectivity index (χ2v) is 8.92. The van der Waals surface area contributed by atoms with Gasteiger partial charge in [-0.2, -0.15) is 0 Å². The number of hydrogen-bond donors (Lipinski definition) is 1. The fourth-order valence-electron chi connectivity index (χ4n) is 4.63. The number of carbonyl (C=O) groups is 2. The number of nitrogens with one attached hydrogen (secondary N) is 1. The van der Waals surface area contributed by atoms with E-state index < -0.39 is 5.97 Å². The van der Waals surface area contributed by atoms with Crippen molar-refractivity contribution in [2.45, 2.75) is 19.5 Å². The van der Waals surface area contributed by atoms with E-state index in [0.29, 0.717) is 17.3 Å². The number of urea groups is 1. The number of methoxy groups -OCH3 is 1. The summed E-state index contributed by atoms with van der Waals surface area (Å²) >= 11 is 6.20. The molecule has 2 amide bonds. The second-order valence-electron chi connectivity index (χ2n) is 8.49. The van der Waals surface area contributed by atoms with Crippen molar-refractivity contribution in [3.63, 3.8) is 0 Å². The quantitative estimate of drug-likeness (QED) is 0.343. The van der Waals surface area contributed by atoms with Crippen LogP contribution >= 0.6 is 11.6 Å². The van der Waals surface area contributed by atoms with Gasteiger partial charge in [0.1, 0.15) is 0 Å². The van der Waals surface area contributed by atoms with Gasteiger partial charge in [0.25, 0.3) is 0 Å². The molecule has 35 heavy (non-hydrogen) atoms. The molecule has 0 aliphatic carbocycles. The molecular formula is C28H24ClN3O3. The van der Waals surface area contributed by atoms with E-state index in [-0.39, 0.29) is 17.6 Å². The highest BCUT2D eigenvalue weighted by atomic mass is 35.5. The minimum absolute atomic E-state index is 0.232. The Morgan fingerprint density at radius 3 is 2.63 bits per heavy atom. The predicted octanol–water partition coefficient (Wildman–Crippen LogP) is 6.36. The summed E-state index contributed by atoms with van der Waals surface area (Å²) < 4.78 is 7.03. The van der Waals surface area contributed by atoms with Crippen LogP contribution in [0.4, 0.5) is 10.5 Å². The largest absolute Gasteiger partial charge is 0.465 e. The van der Waals surface area contributed by atoms with Gasteiger partial charge in [-0.1, -0.05) is 59.6 Å². The van der Waals surface area contributed by atoms with Crippen LogP contribution in [-0.2, 0) is 11.3 Å². The third-order valence-electron chi connectivity index (χ3n) is 6.21. The van der Waals surface area contributed by atoms with Crippen molar-refractivity contribution >= 4 is 29.3 Å². The fraction of sp³-hybridized carbons (Fsp3) is 0.143. The Balaban J connectivity index is 1.63. The average Bonchev–Trinajstić information content (AvgIpc) is 3.27. The molecule has 7 heteroatoms. The molecule has 3 aromatic carbocycles. The van der Waals surface area contributed by atoms with E-state index >= 15 is 0 Å². The smallest absolute Gasteiger partial charge is 0.339 e. The number of benzene rings is 3. The van der Waals surface area contributed by atoms with Gasteiger partial charge in [0.05, 0.1) is 36.6 Å². The summed E-state index contributed by atoms with van der Waals surface area (Å²) in [6.45, 7) is 2.41. The molecule has 0 saturated heterocycles. The topological polar surface area (TPSA) is 63.6 Å². The first kappa shape index (κ1) is 22.7. The number of ether oxygens (including phenoxy) is 1. The first-order chi connectivity index (χ1) is 17.0. The van der Waals surface area contributed by atoms with E-state index in [2.05, 4.69) is 22.0 Å². The first-order valence-electron chi connectivity index (χ1n) is 11.2. The third-order valence-corrected chi connectivity index (χ3v) is 6.45. The number of para-hydroxylation sites is 1. The number of rotatable bonds is 3. The lowest BCUT2D eigenvalue weighted by Crippen LogP contribution is -2.38. The Morgan fingerprint density at radius 2 is 1.83 bits per heavy atom. The van der Waals surface area contributed by atoms with Crippen LogP contribution in [-0.4, -0.2) is 28.6 Å². The number of aromatic nitrogens is 1. The van der Waals surface area contributed by atoms with Crippen LogP contribution in [0.3, 0.4) is 0 Å². The molecule has 6 nitrogen and oxygen atoms in total. The highest BCUT2D eigenvalue weighted by Gasteiger charge is 2.33. The number of esters is 1. The molecule has 0 bridgehead atoms. The lowest BCUT2D eigenvalue weighted by Gasteiger charge is -2.31. The molecule has 1 atom stereocenters. The first-order valence-corrected chi connectivity index (χ1v) is 11.6. The molecule has 1 aliphatic rings. The van der Waals surface area contributed by atoms with Crippen molar-refractivity contribution in [1.29, 1.82) is 0 Å².